The molecule has 120 valence electrons. The number of ether oxygens (including phenoxy) is 1. The number of hydrogen-bond acceptors (Lipinski definition) is 5. The van der Waals surface area contributed by atoms with Crippen molar-refractivity contribution in [2.75, 3.05) is 6.61 Å². The van der Waals surface area contributed by atoms with E-state index in [1.807, 2.05) is 0 Å². The zero-order valence-electron chi connectivity index (χ0n) is 11.3. The third-order valence-electron chi connectivity index (χ3n) is 2.68. The lowest BCUT2D eigenvalue weighted by Crippen LogP contribution is -2.32. The second kappa shape index (κ2) is 6.75. The van der Waals surface area contributed by atoms with Crippen LogP contribution in [0.1, 0.15) is 11.5 Å². The summed E-state index contributed by atoms with van der Waals surface area (Å²) in [7, 11) is 0. The van der Waals surface area contributed by atoms with E-state index in [9.17, 15) is 23.1 Å². The molecule has 0 saturated carbocycles. The number of halogens is 3. The Morgan fingerprint density at radius 2 is 2.14 bits per heavy atom. The van der Waals surface area contributed by atoms with Crippen LogP contribution in [-0.2, 0) is 24.1 Å². The van der Waals surface area contributed by atoms with Crippen molar-refractivity contribution < 1.29 is 27.4 Å². The first-order chi connectivity index (χ1) is 10.4. The summed E-state index contributed by atoms with van der Waals surface area (Å²) in [6.45, 7) is -0.471. The minimum absolute atomic E-state index is 0.106. The molecule has 0 radical (unpaired) electrons. The molecule has 1 atom stereocenters. The molecule has 2 aromatic rings. The molecule has 6 nitrogen and oxygen atoms in total. The maximum atomic E-state index is 12.5. The van der Waals surface area contributed by atoms with Gasteiger partial charge in [-0.25, -0.2) is 4.68 Å². The number of aliphatic hydroxyl groups excluding tert-OH is 1. The quantitative estimate of drug-likeness (QED) is 0.872. The molecule has 0 fully saturated rings. The minimum atomic E-state index is -4.66. The molecule has 1 unspecified atom stereocenters. The van der Waals surface area contributed by atoms with E-state index in [1.54, 1.807) is 12.1 Å². The molecular weight excluding hydrogens is 305 g/mol. The molecule has 0 aliphatic carbocycles. The third-order valence-corrected chi connectivity index (χ3v) is 2.68. The summed E-state index contributed by atoms with van der Waals surface area (Å²) < 4.78 is 48.3. The van der Waals surface area contributed by atoms with Gasteiger partial charge in [-0.15, -0.1) is 0 Å². The predicted molar refractivity (Wildman–Crippen MR) is 67.9 cm³/mol. The lowest BCUT2D eigenvalue weighted by molar-refractivity contribution is -0.142. The molecule has 0 aliphatic heterocycles. The Bertz CT molecular complexity index is 652. The van der Waals surface area contributed by atoms with E-state index in [2.05, 4.69) is 5.10 Å². The number of alkyl halides is 3. The van der Waals surface area contributed by atoms with Gasteiger partial charge in [0.05, 0.1) is 25.5 Å². The first-order valence-electron chi connectivity index (χ1n) is 6.30. The van der Waals surface area contributed by atoms with E-state index >= 15 is 0 Å². The zero-order chi connectivity index (χ0) is 16.2. The lowest BCUT2D eigenvalue weighted by atomic mass is 10.3. The Morgan fingerprint density at radius 3 is 2.77 bits per heavy atom. The van der Waals surface area contributed by atoms with E-state index in [4.69, 9.17) is 9.15 Å². The topological polar surface area (TPSA) is 77.5 Å². The average Bonchev–Trinajstić information content (AvgIpc) is 2.93. The Kier molecular flexibility index (Phi) is 4.99. The van der Waals surface area contributed by atoms with Gasteiger partial charge in [0.25, 0.3) is 5.56 Å². The molecule has 2 aromatic heterocycles. The van der Waals surface area contributed by atoms with Gasteiger partial charge in [-0.3, -0.25) is 4.79 Å². The number of hydrogen-bond donors (Lipinski definition) is 1. The van der Waals surface area contributed by atoms with Crippen LogP contribution in [0.4, 0.5) is 13.2 Å². The van der Waals surface area contributed by atoms with Crippen LogP contribution in [0, 0.1) is 0 Å². The van der Waals surface area contributed by atoms with E-state index in [0.717, 1.165) is 6.07 Å². The van der Waals surface area contributed by atoms with Gasteiger partial charge in [-0.05, 0) is 18.2 Å². The van der Waals surface area contributed by atoms with Crippen LogP contribution < -0.4 is 5.56 Å². The van der Waals surface area contributed by atoms with Crippen molar-refractivity contribution >= 4 is 0 Å². The molecule has 9 heteroatoms. The predicted octanol–water partition coefficient (Wildman–Crippen LogP) is 1.43. The average molecular weight is 318 g/mol. The summed E-state index contributed by atoms with van der Waals surface area (Å²) >= 11 is 0. The maximum absolute atomic E-state index is 12.5. The highest BCUT2D eigenvalue weighted by atomic mass is 19.4. The molecule has 0 saturated heterocycles. The van der Waals surface area contributed by atoms with E-state index in [0.29, 0.717) is 16.5 Å². The largest absolute Gasteiger partial charge is 0.467 e. The summed E-state index contributed by atoms with van der Waals surface area (Å²) in [6, 6.07) is 4.69. The highest BCUT2D eigenvalue weighted by molar-refractivity contribution is 5.04. The van der Waals surface area contributed by atoms with Gasteiger partial charge in [0.2, 0.25) is 0 Å². The fourth-order valence-corrected chi connectivity index (χ4v) is 1.67. The van der Waals surface area contributed by atoms with Gasteiger partial charge in [0.1, 0.15) is 12.4 Å². The fraction of sp³-hybridized carbons (Fsp3) is 0.385. The Morgan fingerprint density at radius 1 is 1.36 bits per heavy atom. The van der Waals surface area contributed by atoms with Crippen LogP contribution in [0.2, 0.25) is 0 Å². The van der Waals surface area contributed by atoms with Crippen molar-refractivity contribution in [1.82, 2.24) is 9.78 Å². The molecule has 0 amide bonds. The number of aromatic nitrogens is 2. The number of furan rings is 1. The number of aliphatic hydroxyl groups is 1. The van der Waals surface area contributed by atoms with Crippen molar-refractivity contribution in [1.29, 1.82) is 0 Å². The minimum Gasteiger partial charge on any atom is -0.467 e. The van der Waals surface area contributed by atoms with Crippen molar-refractivity contribution in [2.24, 2.45) is 0 Å². The molecule has 1 N–H and O–H groups in total. The van der Waals surface area contributed by atoms with Crippen molar-refractivity contribution in [2.45, 2.75) is 25.4 Å². The van der Waals surface area contributed by atoms with Gasteiger partial charge >= 0.3 is 6.18 Å². The van der Waals surface area contributed by atoms with Crippen LogP contribution in [-0.4, -0.2) is 27.6 Å². The SMILES string of the molecule is O=c1ccc(C(F)(F)F)nn1CC(O)COCc1ccco1. The smallest absolute Gasteiger partial charge is 0.435 e. The van der Waals surface area contributed by atoms with Gasteiger partial charge in [-0.2, -0.15) is 18.3 Å². The molecule has 0 spiro atoms. The summed E-state index contributed by atoms with van der Waals surface area (Å²) in [5, 5.41) is 12.9. The van der Waals surface area contributed by atoms with Crippen LogP contribution in [0.25, 0.3) is 0 Å². The monoisotopic (exact) mass is 318 g/mol. The second-order valence-electron chi connectivity index (χ2n) is 4.48. The summed E-state index contributed by atoms with van der Waals surface area (Å²) in [5.74, 6) is 0.543. The Labute approximate surface area is 122 Å². The standard InChI is InChI=1S/C13H13F3N2O4/c14-13(15,16)11-3-4-12(20)18(17-11)6-9(19)7-21-8-10-2-1-5-22-10/h1-5,9,19H,6-8H2. The Balaban J connectivity index is 1.93. The lowest BCUT2D eigenvalue weighted by Gasteiger charge is -2.13. The van der Waals surface area contributed by atoms with E-state index in [-0.39, 0.29) is 13.2 Å². The molecule has 0 bridgehead atoms. The second-order valence-corrected chi connectivity index (χ2v) is 4.48. The van der Waals surface area contributed by atoms with Gasteiger partial charge < -0.3 is 14.3 Å². The van der Waals surface area contributed by atoms with E-state index in [1.165, 1.54) is 6.26 Å². The van der Waals surface area contributed by atoms with E-state index < -0.39 is 30.1 Å². The molecule has 2 rings (SSSR count). The number of rotatable bonds is 6. The van der Waals surface area contributed by atoms with Crippen molar-refractivity contribution in [3.63, 3.8) is 0 Å². The highest BCUT2D eigenvalue weighted by Crippen LogP contribution is 2.26. The Hall–Kier alpha value is -2.13. The summed E-state index contributed by atoms with van der Waals surface area (Å²) in [4.78, 5) is 11.5. The van der Waals surface area contributed by atoms with Crippen molar-refractivity contribution in [3.8, 4) is 0 Å². The third kappa shape index (κ3) is 4.43. The van der Waals surface area contributed by atoms with Gasteiger partial charge in [0, 0.05) is 6.07 Å². The molecule has 0 aliphatic rings. The first-order valence-corrected chi connectivity index (χ1v) is 6.30. The number of nitrogens with zero attached hydrogens (tertiary/aromatic N) is 2. The van der Waals surface area contributed by atoms with Gasteiger partial charge in [0.15, 0.2) is 5.69 Å². The summed E-state index contributed by atoms with van der Waals surface area (Å²) in [5.41, 5.74) is -1.94. The van der Waals surface area contributed by atoms with Crippen LogP contribution in [0.5, 0.6) is 0 Å². The summed E-state index contributed by atoms with van der Waals surface area (Å²) in [6.07, 6.45) is -4.37. The normalized spacial score (nSPS) is 13.3. The molecule has 2 heterocycles. The van der Waals surface area contributed by atoms with Crippen LogP contribution in [0.15, 0.2) is 39.7 Å². The highest BCUT2D eigenvalue weighted by Gasteiger charge is 2.33. The molecule has 22 heavy (non-hydrogen) atoms. The molecule has 0 aromatic carbocycles. The molecular formula is C13H13F3N2O4. The first kappa shape index (κ1) is 16.2. The zero-order valence-corrected chi connectivity index (χ0v) is 11.3. The fourth-order valence-electron chi connectivity index (χ4n) is 1.67. The van der Waals surface area contributed by atoms with Crippen LogP contribution in [0.3, 0.4) is 0 Å². The van der Waals surface area contributed by atoms with Crippen LogP contribution >= 0.6 is 0 Å². The maximum Gasteiger partial charge on any atom is 0.435 e. The van der Waals surface area contributed by atoms with Crippen molar-refractivity contribution in [3.05, 3.63) is 52.3 Å². The van der Waals surface area contributed by atoms with Gasteiger partial charge in [-0.1, -0.05) is 0 Å².